The average Bonchev–Trinajstić information content (AvgIpc) is 2.84. The molecule has 1 amide bonds. The van der Waals surface area contributed by atoms with Crippen molar-refractivity contribution < 1.29 is 23.8 Å². The van der Waals surface area contributed by atoms with Gasteiger partial charge in [0, 0.05) is 19.4 Å². The number of carboxylic acids is 1. The monoisotopic (exact) mass is 463 g/mol. The molecule has 0 aliphatic carbocycles. The number of nitrogens with one attached hydrogen (secondary N) is 1. The lowest BCUT2D eigenvalue weighted by Crippen LogP contribution is -2.22. The molecule has 0 aromatic heterocycles. The van der Waals surface area contributed by atoms with E-state index in [9.17, 15) is 14.0 Å². The molecule has 0 spiro atoms. The Morgan fingerprint density at radius 3 is 2.21 bits per heavy atom. The summed E-state index contributed by atoms with van der Waals surface area (Å²) in [7, 11) is 0. The van der Waals surface area contributed by atoms with Gasteiger partial charge >= 0.3 is 5.97 Å². The Labute approximate surface area is 199 Å². The van der Waals surface area contributed by atoms with Gasteiger partial charge < -0.3 is 15.2 Å². The molecule has 3 aromatic carbocycles. The molecule has 0 saturated heterocycles. The minimum Gasteiger partial charge on any atom is -0.494 e. The quantitative estimate of drug-likeness (QED) is 0.316. The van der Waals surface area contributed by atoms with Crippen LogP contribution in [-0.4, -0.2) is 23.6 Å². The number of aliphatic carboxylic acids is 1. The molecule has 0 atom stereocenters. The molecule has 2 N–H and O–H groups in total. The van der Waals surface area contributed by atoms with E-state index in [1.165, 1.54) is 12.1 Å². The number of rotatable bonds is 13. The number of carbonyl (C=O) groups is 2. The molecule has 0 fully saturated rings. The number of hydrogen-bond acceptors (Lipinski definition) is 3. The highest BCUT2D eigenvalue weighted by atomic mass is 19.1. The Bertz CT molecular complexity index is 1060. The lowest BCUT2D eigenvalue weighted by atomic mass is 10.0. The summed E-state index contributed by atoms with van der Waals surface area (Å²) < 4.78 is 18.8. The molecule has 0 heterocycles. The number of unbranched alkanes of at least 4 members (excludes halogenated alkanes) is 1. The van der Waals surface area contributed by atoms with Crippen LogP contribution in [0, 0.1) is 5.82 Å². The predicted octanol–water partition coefficient (Wildman–Crippen LogP) is 5.77. The van der Waals surface area contributed by atoms with E-state index in [0.717, 1.165) is 41.5 Å². The first kappa shape index (κ1) is 25.0. The van der Waals surface area contributed by atoms with Crippen LogP contribution < -0.4 is 10.1 Å². The van der Waals surface area contributed by atoms with Crippen molar-refractivity contribution in [3.8, 4) is 16.9 Å². The largest absolute Gasteiger partial charge is 0.494 e. The Balaban J connectivity index is 1.37. The summed E-state index contributed by atoms with van der Waals surface area (Å²) >= 11 is 0. The standard InChI is InChI=1S/C28H30FNO4/c29-25-7-3-6-21(19-25)5-1-2-8-27(31)30-20-22-10-12-23(13-11-22)24-14-16-26(17-15-24)34-18-4-9-28(32)33/h3,6-7,10-17,19H,1-2,4-5,8-9,18,20H2,(H,30,31)(H,32,33). The van der Waals surface area contributed by atoms with Crippen LogP contribution in [0.15, 0.2) is 72.8 Å². The van der Waals surface area contributed by atoms with E-state index in [1.807, 2.05) is 54.6 Å². The van der Waals surface area contributed by atoms with Crippen molar-refractivity contribution in [3.63, 3.8) is 0 Å². The van der Waals surface area contributed by atoms with E-state index in [-0.39, 0.29) is 18.1 Å². The minimum atomic E-state index is -0.820. The van der Waals surface area contributed by atoms with E-state index < -0.39 is 5.97 Å². The Morgan fingerprint density at radius 1 is 0.824 bits per heavy atom. The SMILES string of the molecule is O=C(O)CCCOc1ccc(-c2ccc(CNC(=O)CCCCc3cccc(F)c3)cc2)cc1. The number of carboxylic acid groups (broad SMARTS) is 1. The summed E-state index contributed by atoms with van der Waals surface area (Å²) in [5.41, 5.74) is 4.09. The summed E-state index contributed by atoms with van der Waals surface area (Å²) in [5, 5.41) is 11.6. The van der Waals surface area contributed by atoms with Crippen LogP contribution in [0.5, 0.6) is 5.75 Å². The lowest BCUT2D eigenvalue weighted by Gasteiger charge is -2.09. The molecular formula is C28H30FNO4. The second-order valence-corrected chi connectivity index (χ2v) is 8.18. The maximum Gasteiger partial charge on any atom is 0.303 e. The van der Waals surface area contributed by atoms with Crippen molar-refractivity contribution in [2.45, 2.75) is 45.1 Å². The van der Waals surface area contributed by atoms with Gasteiger partial charge in [-0.2, -0.15) is 0 Å². The minimum absolute atomic E-state index is 0.0160. The van der Waals surface area contributed by atoms with Gasteiger partial charge in [-0.05, 0) is 72.2 Å². The molecular weight excluding hydrogens is 433 g/mol. The first-order chi connectivity index (χ1) is 16.5. The third-order valence-electron chi connectivity index (χ3n) is 5.44. The third kappa shape index (κ3) is 8.70. The molecule has 0 bridgehead atoms. The fourth-order valence-corrected chi connectivity index (χ4v) is 3.57. The van der Waals surface area contributed by atoms with E-state index in [2.05, 4.69) is 5.32 Å². The highest BCUT2D eigenvalue weighted by molar-refractivity contribution is 5.75. The summed E-state index contributed by atoms with van der Waals surface area (Å²) in [6.45, 7) is 0.852. The van der Waals surface area contributed by atoms with Crippen molar-refractivity contribution in [1.29, 1.82) is 0 Å². The van der Waals surface area contributed by atoms with Crippen molar-refractivity contribution >= 4 is 11.9 Å². The second-order valence-electron chi connectivity index (χ2n) is 8.18. The number of ether oxygens (including phenoxy) is 1. The predicted molar refractivity (Wildman–Crippen MR) is 130 cm³/mol. The molecule has 0 aliphatic rings. The van der Waals surface area contributed by atoms with Crippen LogP contribution in [-0.2, 0) is 22.6 Å². The summed E-state index contributed by atoms with van der Waals surface area (Å²) in [4.78, 5) is 22.6. The normalized spacial score (nSPS) is 10.6. The van der Waals surface area contributed by atoms with Crippen LogP contribution in [0.1, 0.15) is 43.2 Å². The number of benzene rings is 3. The zero-order valence-electron chi connectivity index (χ0n) is 19.1. The third-order valence-corrected chi connectivity index (χ3v) is 5.44. The van der Waals surface area contributed by atoms with E-state index >= 15 is 0 Å². The van der Waals surface area contributed by atoms with Crippen molar-refractivity contribution in [1.82, 2.24) is 5.32 Å². The fourth-order valence-electron chi connectivity index (χ4n) is 3.57. The van der Waals surface area contributed by atoms with Crippen LogP contribution in [0.4, 0.5) is 4.39 Å². The van der Waals surface area contributed by atoms with Crippen molar-refractivity contribution in [2.75, 3.05) is 6.61 Å². The summed E-state index contributed by atoms with van der Waals surface area (Å²) in [6.07, 6.45) is 3.41. The number of aryl methyl sites for hydroxylation is 1. The van der Waals surface area contributed by atoms with Gasteiger partial charge in [-0.1, -0.05) is 48.5 Å². The highest BCUT2D eigenvalue weighted by Gasteiger charge is 2.04. The van der Waals surface area contributed by atoms with Gasteiger partial charge in [0.2, 0.25) is 5.91 Å². The van der Waals surface area contributed by atoms with E-state index in [1.54, 1.807) is 6.07 Å². The van der Waals surface area contributed by atoms with Gasteiger partial charge in [0.1, 0.15) is 11.6 Å². The Morgan fingerprint density at radius 2 is 1.53 bits per heavy atom. The first-order valence-electron chi connectivity index (χ1n) is 11.5. The van der Waals surface area contributed by atoms with Crippen LogP contribution in [0.25, 0.3) is 11.1 Å². The Hall–Kier alpha value is -3.67. The molecule has 178 valence electrons. The maximum absolute atomic E-state index is 13.2. The van der Waals surface area contributed by atoms with Gasteiger partial charge in [0.25, 0.3) is 0 Å². The fraction of sp³-hybridized carbons (Fsp3) is 0.286. The van der Waals surface area contributed by atoms with Crippen LogP contribution in [0.3, 0.4) is 0 Å². The first-order valence-corrected chi connectivity index (χ1v) is 11.5. The molecule has 0 unspecified atom stereocenters. The van der Waals surface area contributed by atoms with Gasteiger partial charge in [0.15, 0.2) is 0 Å². The van der Waals surface area contributed by atoms with Gasteiger partial charge in [0.05, 0.1) is 6.61 Å². The van der Waals surface area contributed by atoms with Gasteiger partial charge in [-0.15, -0.1) is 0 Å². The Kier molecular flexibility index (Phi) is 9.65. The second kappa shape index (κ2) is 13.1. The molecule has 5 nitrogen and oxygen atoms in total. The molecule has 0 saturated carbocycles. The van der Waals surface area contributed by atoms with Crippen LogP contribution in [0.2, 0.25) is 0 Å². The zero-order chi connectivity index (χ0) is 24.2. The van der Waals surface area contributed by atoms with Crippen LogP contribution >= 0.6 is 0 Å². The molecule has 3 aromatic rings. The van der Waals surface area contributed by atoms with Gasteiger partial charge in [-0.3, -0.25) is 9.59 Å². The molecule has 6 heteroatoms. The number of halogens is 1. The highest BCUT2D eigenvalue weighted by Crippen LogP contribution is 2.23. The number of amides is 1. The summed E-state index contributed by atoms with van der Waals surface area (Å²) in [6, 6.07) is 22.3. The topological polar surface area (TPSA) is 75.6 Å². The maximum atomic E-state index is 13.2. The van der Waals surface area contributed by atoms with Gasteiger partial charge in [-0.25, -0.2) is 4.39 Å². The summed E-state index contributed by atoms with van der Waals surface area (Å²) in [5.74, 6) is -0.316. The van der Waals surface area contributed by atoms with E-state index in [0.29, 0.717) is 31.7 Å². The number of hydrogen-bond donors (Lipinski definition) is 2. The molecule has 0 radical (unpaired) electrons. The smallest absolute Gasteiger partial charge is 0.303 e. The van der Waals surface area contributed by atoms with Crippen molar-refractivity contribution in [2.24, 2.45) is 0 Å². The zero-order valence-corrected chi connectivity index (χ0v) is 19.1. The molecule has 34 heavy (non-hydrogen) atoms. The molecule has 3 rings (SSSR count). The number of carbonyl (C=O) groups excluding carboxylic acids is 1. The average molecular weight is 464 g/mol. The van der Waals surface area contributed by atoms with Crippen molar-refractivity contribution in [3.05, 3.63) is 89.7 Å². The van der Waals surface area contributed by atoms with E-state index in [4.69, 9.17) is 9.84 Å². The molecule has 0 aliphatic heterocycles. The lowest BCUT2D eigenvalue weighted by molar-refractivity contribution is -0.137.